The molecule has 104 valence electrons. The Kier molecular flexibility index (Phi) is 4.20. The average molecular weight is 368 g/mol. The summed E-state index contributed by atoms with van der Waals surface area (Å²) in [5.74, 6) is -0.219. The molecule has 5 nitrogen and oxygen atoms in total. The predicted octanol–water partition coefficient (Wildman–Crippen LogP) is 1.57. The van der Waals surface area contributed by atoms with Crippen LogP contribution in [0.4, 0.5) is 0 Å². The monoisotopic (exact) mass is 366 g/mol. The van der Waals surface area contributed by atoms with Crippen LogP contribution in [0.1, 0.15) is 0 Å². The van der Waals surface area contributed by atoms with Crippen LogP contribution in [-0.4, -0.2) is 50.2 Å². The highest BCUT2D eigenvalue weighted by molar-refractivity contribution is 9.10. The van der Waals surface area contributed by atoms with Gasteiger partial charge in [0.25, 0.3) is 0 Å². The number of benzene rings is 1. The quantitative estimate of drug-likeness (QED) is 0.797. The van der Waals surface area contributed by atoms with Crippen molar-refractivity contribution in [1.29, 1.82) is 0 Å². The Labute approximate surface area is 125 Å². The summed E-state index contributed by atoms with van der Waals surface area (Å²) in [6.07, 6.45) is 0. The normalized spacial score (nSPS) is 17.8. The number of halogens is 2. The highest BCUT2D eigenvalue weighted by Crippen LogP contribution is 2.28. The number of nitrogens with zero attached hydrogens (tertiary/aromatic N) is 2. The van der Waals surface area contributed by atoms with Gasteiger partial charge in [-0.05, 0) is 18.2 Å². The second-order valence-electron chi connectivity index (χ2n) is 4.23. The van der Waals surface area contributed by atoms with Gasteiger partial charge in [0, 0.05) is 24.6 Å². The Hall–Kier alpha value is -0.630. The van der Waals surface area contributed by atoms with E-state index in [1.54, 1.807) is 13.1 Å². The van der Waals surface area contributed by atoms with Gasteiger partial charge in [0.2, 0.25) is 15.9 Å². The first-order chi connectivity index (χ1) is 8.82. The van der Waals surface area contributed by atoms with Crippen LogP contribution in [-0.2, 0) is 14.8 Å². The second kappa shape index (κ2) is 5.40. The molecule has 0 unspecified atom stereocenters. The maximum Gasteiger partial charge on any atom is 0.245 e. The molecule has 2 rings (SSSR count). The summed E-state index contributed by atoms with van der Waals surface area (Å²) in [6.45, 7) is 0.508. The molecule has 1 saturated heterocycles. The SMILES string of the molecule is CN1CCN(S(=O)(=O)c2ccc(Br)cc2Cl)CC1=O. The second-order valence-corrected chi connectivity index (χ2v) is 7.46. The van der Waals surface area contributed by atoms with E-state index in [2.05, 4.69) is 15.9 Å². The summed E-state index contributed by atoms with van der Waals surface area (Å²) in [5, 5.41) is 0.140. The molecule has 0 N–H and O–H groups in total. The lowest BCUT2D eigenvalue weighted by Gasteiger charge is -2.31. The molecule has 0 aliphatic carbocycles. The van der Waals surface area contributed by atoms with Crippen LogP contribution in [0.5, 0.6) is 0 Å². The molecule has 19 heavy (non-hydrogen) atoms. The van der Waals surface area contributed by atoms with Crippen molar-refractivity contribution in [3.63, 3.8) is 0 Å². The minimum Gasteiger partial charge on any atom is -0.343 e. The van der Waals surface area contributed by atoms with E-state index >= 15 is 0 Å². The van der Waals surface area contributed by atoms with Crippen molar-refractivity contribution in [3.8, 4) is 0 Å². The van der Waals surface area contributed by atoms with E-state index in [0.717, 1.165) is 4.31 Å². The van der Waals surface area contributed by atoms with Crippen molar-refractivity contribution in [3.05, 3.63) is 27.7 Å². The van der Waals surface area contributed by atoms with E-state index < -0.39 is 10.0 Å². The Bertz CT molecular complexity index is 620. The van der Waals surface area contributed by atoms with Gasteiger partial charge >= 0.3 is 0 Å². The molecule has 8 heteroatoms. The molecule has 0 bridgehead atoms. The fourth-order valence-corrected chi connectivity index (χ4v) is 4.16. The third kappa shape index (κ3) is 2.94. The molecule has 1 fully saturated rings. The van der Waals surface area contributed by atoms with Gasteiger partial charge < -0.3 is 4.90 Å². The summed E-state index contributed by atoms with van der Waals surface area (Å²) in [5.41, 5.74) is 0. The van der Waals surface area contributed by atoms with Crippen LogP contribution in [0.15, 0.2) is 27.6 Å². The van der Waals surface area contributed by atoms with Gasteiger partial charge in [-0.2, -0.15) is 4.31 Å². The Morgan fingerprint density at radius 1 is 1.32 bits per heavy atom. The molecule has 1 aromatic carbocycles. The summed E-state index contributed by atoms with van der Waals surface area (Å²) in [7, 11) is -2.08. The number of hydrogen-bond donors (Lipinski definition) is 0. The van der Waals surface area contributed by atoms with Gasteiger partial charge in [-0.3, -0.25) is 4.79 Å². The van der Waals surface area contributed by atoms with Gasteiger partial charge in [0.1, 0.15) is 4.90 Å². The van der Waals surface area contributed by atoms with E-state index in [0.29, 0.717) is 11.0 Å². The van der Waals surface area contributed by atoms with E-state index in [9.17, 15) is 13.2 Å². The number of hydrogen-bond acceptors (Lipinski definition) is 3. The molecule has 1 aliphatic rings. The zero-order chi connectivity index (χ0) is 14.2. The van der Waals surface area contributed by atoms with Crippen LogP contribution in [0.25, 0.3) is 0 Å². The van der Waals surface area contributed by atoms with Crippen molar-refractivity contribution in [2.24, 2.45) is 0 Å². The zero-order valence-corrected chi connectivity index (χ0v) is 13.3. The van der Waals surface area contributed by atoms with Crippen molar-refractivity contribution in [2.45, 2.75) is 4.90 Å². The first-order valence-electron chi connectivity index (χ1n) is 5.51. The smallest absolute Gasteiger partial charge is 0.245 e. The van der Waals surface area contributed by atoms with Crippen molar-refractivity contribution >= 4 is 43.5 Å². The van der Waals surface area contributed by atoms with E-state index in [4.69, 9.17) is 11.6 Å². The average Bonchev–Trinajstić information content (AvgIpc) is 2.32. The lowest BCUT2D eigenvalue weighted by Crippen LogP contribution is -2.50. The Balaban J connectivity index is 2.35. The Morgan fingerprint density at radius 2 is 2.00 bits per heavy atom. The number of carbonyl (C=O) groups is 1. The molecule has 1 aromatic rings. The van der Waals surface area contributed by atoms with Crippen molar-refractivity contribution < 1.29 is 13.2 Å². The van der Waals surface area contributed by atoms with Crippen molar-refractivity contribution in [2.75, 3.05) is 26.7 Å². The Morgan fingerprint density at radius 3 is 2.58 bits per heavy atom. The van der Waals surface area contributed by atoms with Crippen molar-refractivity contribution in [1.82, 2.24) is 9.21 Å². The largest absolute Gasteiger partial charge is 0.343 e. The maximum absolute atomic E-state index is 12.4. The number of rotatable bonds is 2. The predicted molar refractivity (Wildman–Crippen MR) is 75.5 cm³/mol. The van der Waals surface area contributed by atoms with Crippen LogP contribution < -0.4 is 0 Å². The summed E-state index contributed by atoms with van der Waals surface area (Å²) < 4.78 is 26.7. The molecule has 0 saturated carbocycles. The summed E-state index contributed by atoms with van der Waals surface area (Å²) in [4.78, 5) is 13.1. The number of amides is 1. The number of piperazine rings is 1. The molecule has 1 amide bonds. The van der Waals surface area contributed by atoms with E-state index in [1.807, 2.05) is 0 Å². The molecule has 0 aromatic heterocycles. The highest BCUT2D eigenvalue weighted by atomic mass is 79.9. The molecular weight excluding hydrogens is 356 g/mol. The third-order valence-corrected chi connectivity index (χ3v) is 5.76. The van der Waals surface area contributed by atoms with Crippen LogP contribution in [0, 0.1) is 0 Å². The number of sulfonamides is 1. The van der Waals surface area contributed by atoms with Gasteiger partial charge in [0.15, 0.2) is 0 Å². The topological polar surface area (TPSA) is 57.7 Å². The fourth-order valence-electron chi connectivity index (χ4n) is 1.77. The van der Waals surface area contributed by atoms with Gasteiger partial charge in [0.05, 0.1) is 11.6 Å². The summed E-state index contributed by atoms with van der Waals surface area (Å²) in [6, 6.07) is 4.56. The molecule has 1 aliphatic heterocycles. The van der Waals surface area contributed by atoms with Gasteiger partial charge in [-0.25, -0.2) is 8.42 Å². The lowest BCUT2D eigenvalue weighted by molar-refractivity contribution is -0.132. The molecule has 0 spiro atoms. The maximum atomic E-state index is 12.4. The highest BCUT2D eigenvalue weighted by Gasteiger charge is 2.32. The van der Waals surface area contributed by atoms with E-state index in [1.165, 1.54) is 17.0 Å². The summed E-state index contributed by atoms with van der Waals surface area (Å²) >= 11 is 9.19. The van der Waals surface area contributed by atoms with Crippen LogP contribution in [0.2, 0.25) is 5.02 Å². The van der Waals surface area contributed by atoms with Gasteiger partial charge in [-0.15, -0.1) is 0 Å². The first-order valence-corrected chi connectivity index (χ1v) is 8.12. The first kappa shape index (κ1) is 14.8. The third-order valence-electron chi connectivity index (χ3n) is 2.93. The fraction of sp³-hybridized carbons (Fsp3) is 0.364. The molecule has 1 heterocycles. The minimum atomic E-state index is -3.73. The number of likely N-dealkylation sites (N-methyl/N-ethyl adjacent to an activating group) is 1. The van der Waals surface area contributed by atoms with Gasteiger partial charge in [-0.1, -0.05) is 27.5 Å². The molecular formula is C11H12BrClN2O3S. The van der Waals surface area contributed by atoms with E-state index in [-0.39, 0.29) is 28.9 Å². The molecule has 0 atom stereocenters. The lowest BCUT2D eigenvalue weighted by atomic mass is 10.4. The van der Waals surface area contributed by atoms with Crippen LogP contribution in [0.3, 0.4) is 0 Å². The number of carbonyl (C=O) groups excluding carboxylic acids is 1. The van der Waals surface area contributed by atoms with Crippen LogP contribution >= 0.6 is 27.5 Å². The zero-order valence-electron chi connectivity index (χ0n) is 10.1. The minimum absolute atomic E-state index is 0.0229. The molecule has 0 radical (unpaired) electrons. The standard InChI is InChI=1S/C11H12BrClN2O3S/c1-14-4-5-15(7-11(14)16)19(17,18)10-3-2-8(12)6-9(10)13/h2-3,6H,4-5,7H2,1H3.